The third-order valence-corrected chi connectivity index (χ3v) is 11.9. The average Bonchev–Trinajstić information content (AvgIpc) is 3.76. The average molecular weight is 785 g/mol. The van der Waals surface area contributed by atoms with E-state index in [0.717, 1.165) is 22.3 Å². The highest BCUT2D eigenvalue weighted by Crippen LogP contribution is 2.38. The third-order valence-electron chi connectivity index (χ3n) is 10.9. The zero-order chi connectivity index (χ0) is 40.5. The summed E-state index contributed by atoms with van der Waals surface area (Å²) in [6.07, 6.45) is 13.6. The molecule has 1 heterocycles. The fraction of sp³-hybridized carbons (Fsp3) is 0.0169. The molecule has 0 unspecified atom stereocenters. The fourth-order valence-corrected chi connectivity index (χ4v) is 8.67. The largest absolute Gasteiger partial charge is 0.141 e. The first kappa shape index (κ1) is 38.2. The van der Waals surface area contributed by atoms with Gasteiger partial charge in [-0.05, 0) is 115 Å². The van der Waals surface area contributed by atoms with E-state index in [9.17, 15) is 0 Å². The second-order valence-corrected chi connectivity index (χ2v) is 16.3. The summed E-state index contributed by atoms with van der Waals surface area (Å²) in [4.78, 5) is 2.59. The Labute approximate surface area is 358 Å². The summed E-state index contributed by atoms with van der Waals surface area (Å²) in [6, 6.07) is 75.9. The minimum absolute atomic E-state index is 1.15. The molecule has 0 amide bonds. The van der Waals surface area contributed by atoms with Gasteiger partial charge in [0.2, 0.25) is 0 Å². The van der Waals surface area contributed by atoms with Crippen molar-refractivity contribution in [2.24, 2.45) is 0 Å². The molecule has 0 saturated heterocycles. The molecular formula is C59H44S. The Morgan fingerprint density at radius 3 is 1.20 bits per heavy atom. The molecule has 0 radical (unpaired) electrons. The second kappa shape index (κ2) is 18.1. The van der Waals surface area contributed by atoms with Gasteiger partial charge in [-0.1, -0.05) is 218 Å². The maximum absolute atomic E-state index is 2.37. The van der Waals surface area contributed by atoms with E-state index >= 15 is 0 Å². The third kappa shape index (κ3) is 8.88. The molecule has 0 N–H and O–H groups in total. The molecular weight excluding hydrogens is 741 g/mol. The Bertz CT molecular complexity index is 2880. The van der Waals surface area contributed by atoms with Crippen LogP contribution in [0.4, 0.5) is 0 Å². The number of benzene rings is 8. The van der Waals surface area contributed by atoms with Crippen molar-refractivity contribution in [1.82, 2.24) is 0 Å². The lowest BCUT2D eigenvalue weighted by Gasteiger charge is -2.13. The summed E-state index contributed by atoms with van der Waals surface area (Å²) >= 11 is 1.85. The molecule has 8 aromatic carbocycles. The summed E-state index contributed by atoms with van der Waals surface area (Å²) in [5, 5.41) is 2.50. The number of hydrogen-bond donors (Lipinski definition) is 0. The minimum Gasteiger partial charge on any atom is -0.141 e. The fourth-order valence-electron chi connectivity index (χ4n) is 7.77. The molecule has 0 spiro atoms. The van der Waals surface area contributed by atoms with Gasteiger partial charge in [-0.25, -0.2) is 0 Å². The van der Waals surface area contributed by atoms with Crippen LogP contribution in [0.5, 0.6) is 0 Å². The quantitative estimate of drug-likeness (QED) is 0.115. The summed E-state index contributed by atoms with van der Waals surface area (Å²) < 4.78 is 0. The molecule has 0 saturated carbocycles. The van der Waals surface area contributed by atoms with E-state index in [-0.39, 0.29) is 0 Å². The van der Waals surface area contributed by atoms with Crippen molar-refractivity contribution in [3.63, 3.8) is 0 Å². The Kier molecular flexibility index (Phi) is 11.5. The maximum Gasteiger partial charge on any atom is 0.0352 e. The van der Waals surface area contributed by atoms with Crippen LogP contribution < -0.4 is 0 Å². The van der Waals surface area contributed by atoms with Crippen LogP contribution in [-0.4, -0.2) is 0 Å². The van der Waals surface area contributed by atoms with Crippen LogP contribution in [0.1, 0.15) is 60.5 Å². The highest BCUT2D eigenvalue weighted by Gasteiger charge is 2.13. The smallest absolute Gasteiger partial charge is 0.0352 e. The van der Waals surface area contributed by atoms with Crippen molar-refractivity contribution in [1.29, 1.82) is 0 Å². The van der Waals surface area contributed by atoms with Crippen molar-refractivity contribution in [2.45, 2.75) is 6.92 Å². The maximum atomic E-state index is 2.37. The molecule has 0 atom stereocenters. The Morgan fingerprint density at radius 2 is 0.767 bits per heavy atom. The number of rotatable bonds is 11. The summed E-state index contributed by atoms with van der Waals surface area (Å²) in [7, 11) is 0. The SMILES string of the molecule is Cc1ccc(-c2cc(C=Cc3ccc(C=C(c4ccccc4)c4ccccc4)cc3)c(C=Cc3ccc(C=C(c4ccccc4)c4ccccc4)cc3)c3ccccc23)s1. The van der Waals surface area contributed by atoms with Gasteiger partial charge in [0, 0.05) is 15.3 Å². The van der Waals surface area contributed by atoms with Crippen LogP contribution in [0.2, 0.25) is 0 Å². The highest BCUT2D eigenvalue weighted by atomic mass is 32.1. The molecule has 0 nitrogen and oxygen atoms in total. The molecule has 0 fully saturated rings. The van der Waals surface area contributed by atoms with Crippen molar-refractivity contribution in [2.75, 3.05) is 0 Å². The monoisotopic (exact) mass is 784 g/mol. The van der Waals surface area contributed by atoms with Gasteiger partial charge in [0.05, 0.1) is 0 Å². The molecule has 1 aromatic heterocycles. The van der Waals surface area contributed by atoms with Gasteiger partial charge >= 0.3 is 0 Å². The Balaban J connectivity index is 1.06. The van der Waals surface area contributed by atoms with Crippen LogP contribution in [-0.2, 0) is 0 Å². The first-order valence-electron chi connectivity index (χ1n) is 20.5. The molecule has 0 aliphatic carbocycles. The first-order chi connectivity index (χ1) is 29.6. The van der Waals surface area contributed by atoms with Gasteiger partial charge in [0.25, 0.3) is 0 Å². The van der Waals surface area contributed by atoms with Crippen LogP contribution in [0.15, 0.2) is 212 Å². The standard InChI is InChI=1S/C59H44S/c1-43-26-39-59(60-43)58-42-52(37-35-44-27-31-46(32-28-44)40-56(48-16-6-2-7-17-48)49-18-8-3-9-19-49)53(54-24-14-15-25-55(54)58)38-36-45-29-33-47(34-30-45)41-57(50-20-10-4-11-21-50)51-22-12-5-13-23-51/h2-42H,1H3. The van der Waals surface area contributed by atoms with Crippen LogP contribution in [0, 0.1) is 6.92 Å². The van der Waals surface area contributed by atoms with E-state index < -0.39 is 0 Å². The van der Waals surface area contributed by atoms with E-state index in [0.29, 0.717) is 0 Å². The number of thiophene rings is 1. The molecule has 60 heavy (non-hydrogen) atoms. The Morgan fingerprint density at radius 1 is 0.367 bits per heavy atom. The number of aryl methyl sites for hydroxylation is 1. The van der Waals surface area contributed by atoms with Gasteiger partial charge in [-0.2, -0.15) is 0 Å². The van der Waals surface area contributed by atoms with Gasteiger partial charge < -0.3 is 0 Å². The van der Waals surface area contributed by atoms with Crippen molar-refractivity contribution < 1.29 is 0 Å². The molecule has 0 aliphatic rings. The van der Waals surface area contributed by atoms with Crippen molar-refractivity contribution in [3.05, 3.63) is 273 Å². The lowest BCUT2D eigenvalue weighted by atomic mass is 9.92. The lowest BCUT2D eigenvalue weighted by molar-refractivity contribution is 1.55. The molecule has 1 heteroatoms. The number of hydrogen-bond acceptors (Lipinski definition) is 1. The summed E-state index contributed by atoms with van der Waals surface area (Å²) in [6.45, 7) is 2.18. The normalized spacial score (nSPS) is 11.3. The van der Waals surface area contributed by atoms with E-state index in [1.54, 1.807) is 0 Å². The van der Waals surface area contributed by atoms with Crippen LogP contribution in [0.3, 0.4) is 0 Å². The van der Waals surface area contributed by atoms with E-state index in [1.165, 1.54) is 70.6 Å². The van der Waals surface area contributed by atoms with Crippen LogP contribution >= 0.6 is 11.3 Å². The van der Waals surface area contributed by atoms with Gasteiger partial charge in [0.1, 0.15) is 0 Å². The van der Waals surface area contributed by atoms with Gasteiger partial charge in [-0.15, -0.1) is 11.3 Å². The lowest BCUT2D eigenvalue weighted by Crippen LogP contribution is -1.89. The van der Waals surface area contributed by atoms with Gasteiger partial charge in [0.15, 0.2) is 0 Å². The Hall–Kier alpha value is -7.32. The van der Waals surface area contributed by atoms with E-state index in [1.807, 2.05) is 11.3 Å². The van der Waals surface area contributed by atoms with Crippen LogP contribution in [0.25, 0.3) is 68.8 Å². The molecule has 9 aromatic rings. The van der Waals surface area contributed by atoms with E-state index in [4.69, 9.17) is 0 Å². The molecule has 0 aliphatic heterocycles. The first-order valence-corrected chi connectivity index (χ1v) is 21.3. The predicted octanol–water partition coefficient (Wildman–Crippen LogP) is 16.4. The molecule has 9 rings (SSSR count). The summed E-state index contributed by atoms with van der Waals surface area (Å²) in [5.74, 6) is 0. The topological polar surface area (TPSA) is 0 Å². The molecule has 0 bridgehead atoms. The highest BCUT2D eigenvalue weighted by molar-refractivity contribution is 7.15. The van der Waals surface area contributed by atoms with E-state index in [2.05, 4.69) is 256 Å². The second-order valence-electron chi connectivity index (χ2n) is 15.0. The van der Waals surface area contributed by atoms with Crippen molar-refractivity contribution in [3.8, 4) is 10.4 Å². The van der Waals surface area contributed by atoms with Crippen molar-refractivity contribution >= 4 is 69.7 Å². The number of fused-ring (bicyclic) bond motifs is 1. The predicted molar refractivity (Wildman–Crippen MR) is 262 cm³/mol. The zero-order valence-corrected chi connectivity index (χ0v) is 34.4. The zero-order valence-electron chi connectivity index (χ0n) is 33.6. The molecule has 286 valence electrons. The van der Waals surface area contributed by atoms with Gasteiger partial charge in [-0.3, -0.25) is 0 Å². The summed E-state index contributed by atoms with van der Waals surface area (Å²) in [5.41, 5.74) is 15.5. The minimum atomic E-state index is 1.15.